The normalized spacial score (nSPS) is 11.2. The number of nitro groups is 1. The molecule has 3 aromatic carbocycles. The van der Waals surface area contributed by atoms with Crippen molar-refractivity contribution in [2.24, 2.45) is 0 Å². The molecule has 0 spiro atoms. The number of nitro benzene ring substituents is 1. The SMILES string of the molecule is COC(=O)c1cc(C(=O)NC(C(=O)Nc2ccccc2)c2ccccc2)cc([N+](=O)[O-])c1. The first-order valence-corrected chi connectivity index (χ1v) is 9.48. The van der Waals surface area contributed by atoms with E-state index in [9.17, 15) is 24.5 Å². The lowest BCUT2D eigenvalue weighted by atomic mass is 10.0. The van der Waals surface area contributed by atoms with Crippen LogP contribution in [0, 0.1) is 10.1 Å². The highest BCUT2D eigenvalue weighted by Gasteiger charge is 2.25. The number of carbonyl (C=O) groups is 3. The van der Waals surface area contributed by atoms with Gasteiger partial charge in [0.2, 0.25) is 0 Å². The first kappa shape index (κ1) is 22.2. The van der Waals surface area contributed by atoms with Crippen molar-refractivity contribution in [2.45, 2.75) is 6.04 Å². The van der Waals surface area contributed by atoms with Gasteiger partial charge >= 0.3 is 5.97 Å². The number of methoxy groups -OCH3 is 1. The Kier molecular flexibility index (Phi) is 6.92. The molecule has 0 heterocycles. The number of non-ortho nitro benzene ring substituents is 1. The summed E-state index contributed by atoms with van der Waals surface area (Å²) in [5, 5.41) is 16.6. The summed E-state index contributed by atoms with van der Waals surface area (Å²) in [7, 11) is 1.13. The van der Waals surface area contributed by atoms with Crippen LogP contribution in [0.15, 0.2) is 78.9 Å². The summed E-state index contributed by atoms with van der Waals surface area (Å²) in [5.74, 6) is -2.10. The molecule has 0 saturated carbocycles. The predicted molar refractivity (Wildman–Crippen MR) is 116 cm³/mol. The number of hydrogen-bond donors (Lipinski definition) is 2. The minimum Gasteiger partial charge on any atom is -0.465 e. The molecule has 32 heavy (non-hydrogen) atoms. The summed E-state index contributed by atoms with van der Waals surface area (Å²) in [5.41, 5.74) is 0.275. The quantitative estimate of drug-likeness (QED) is 0.334. The monoisotopic (exact) mass is 433 g/mol. The standard InChI is InChI=1S/C23H19N3O6/c1-32-23(29)17-12-16(13-19(14-17)26(30)31)21(27)25-20(15-8-4-2-5-9-15)22(28)24-18-10-6-3-7-11-18/h2-14,20H,1H3,(H,24,28)(H,25,27). The van der Waals surface area contributed by atoms with E-state index in [1.165, 1.54) is 6.07 Å². The number of anilines is 1. The Morgan fingerprint density at radius 3 is 2.09 bits per heavy atom. The Bertz CT molecular complexity index is 1150. The lowest BCUT2D eigenvalue weighted by Gasteiger charge is -2.19. The fourth-order valence-corrected chi connectivity index (χ4v) is 2.98. The lowest BCUT2D eigenvalue weighted by molar-refractivity contribution is -0.384. The number of para-hydroxylation sites is 1. The third-order valence-electron chi connectivity index (χ3n) is 4.52. The van der Waals surface area contributed by atoms with Crippen molar-refractivity contribution in [3.63, 3.8) is 0 Å². The maximum atomic E-state index is 13.0. The van der Waals surface area contributed by atoms with Crippen LogP contribution >= 0.6 is 0 Å². The average molecular weight is 433 g/mol. The molecule has 3 rings (SSSR count). The second kappa shape index (κ2) is 9.98. The van der Waals surface area contributed by atoms with Crippen LogP contribution in [-0.2, 0) is 9.53 Å². The molecule has 0 saturated heterocycles. The summed E-state index contributed by atoms with van der Waals surface area (Å²) in [6.07, 6.45) is 0. The van der Waals surface area contributed by atoms with Crippen LogP contribution in [0.1, 0.15) is 32.3 Å². The zero-order valence-corrected chi connectivity index (χ0v) is 17.0. The van der Waals surface area contributed by atoms with Gasteiger partial charge in [-0.1, -0.05) is 48.5 Å². The summed E-state index contributed by atoms with van der Waals surface area (Å²) in [6.45, 7) is 0. The minimum absolute atomic E-state index is 0.156. The molecular formula is C23H19N3O6. The van der Waals surface area contributed by atoms with Crippen LogP contribution in [0.4, 0.5) is 11.4 Å². The highest BCUT2D eigenvalue weighted by Crippen LogP contribution is 2.21. The van der Waals surface area contributed by atoms with Crippen molar-refractivity contribution in [1.82, 2.24) is 5.32 Å². The molecule has 2 N–H and O–H groups in total. The lowest BCUT2D eigenvalue weighted by Crippen LogP contribution is -2.37. The zero-order chi connectivity index (χ0) is 23.1. The Morgan fingerprint density at radius 2 is 1.50 bits per heavy atom. The van der Waals surface area contributed by atoms with Gasteiger partial charge in [-0.2, -0.15) is 0 Å². The van der Waals surface area contributed by atoms with Gasteiger partial charge in [0.15, 0.2) is 0 Å². The van der Waals surface area contributed by atoms with Crippen molar-refractivity contribution in [1.29, 1.82) is 0 Å². The van der Waals surface area contributed by atoms with Crippen molar-refractivity contribution in [3.8, 4) is 0 Å². The highest BCUT2D eigenvalue weighted by atomic mass is 16.6. The molecule has 0 radical (unpaired) electrons. The number of esters is 1. The zero-order valence-electron chi connectivity index (χ0n) is 17.0. The molecular weight excluding hydrogens is 414 g/mol. The van der Waals surface area contributed by atoms with Gasteiger partial charge in [-0.05, 0) is 23.8 Å². The number of nitrogens with one attached hydrogen (secondary N) is 2. The third kappa shape index (κ3) is 5.33. The van der Waals surface area contributed by atoms with Crippen LogP contribution in [0.3, 0.4) is 0 Å². The molecule has 1 unspecified atom stereocenters. The molecule has 0 fully saturated rings. The van der Waals surface area contributed by atoms with Gasteiger partial charge in [0.05, 0.1) is 17.6 Å². The fraction of sp³-hybridized carbons (Fsp3) is 0.0870. The summed E-state index contributed by atoms with van der Waals surface area (Å²) >= 11 is 0. The molecule has 9 nitrogen and oxygen atoms in total. The maximum absolute atomic E-state index is 13.0. The summed E-state index contributed by atoms with van der Waals surface area (Å²) < 4.78 is 4.60. The number of hydrogen-bond acceptors (Lipinski definition) is 6. The smallest absolute Gasteiger partial charge is 0.338 e. The van der Waals surface area contributed by atoms with Crippen molar-refractivity contribution < 1.29 is 24.0 Å². The summed E-state index contributed by atoms with van der Waals surface area (Å²) in [4.78, 5) is 48.3. The van der Waals surface area contributed by atoms with E-state index < -0.39 is 34.4 Å². The fourth-order valence-electron chi connectivity index (χ4n) is 2.98. The summed E-state index contributed by atoms with van der Waals surface area (Å²) in [6, 6.07) is 19.4. The Labute approximate surface area is 183 Å². The second-order valence-electron chi connectivity index (χ2n) is 6.69. The molecule has 0 bridgehead atoms. The second-order valence-corrected chi connectivity index (χ2v) is 6.69. The van der Waals surface area contributed by atoms with Crippen molar-refractivity contribution >= 4 is 29.2 Å². The number of nitrogens with zero attached hydrogens (tertiary/aromatic N) is 1. The molecule has 1 atom stereocenters. The van der Waals surface area contributed by atoms with Crippen molar-refractivity contribution in [2.75, 3.05) is 12.4 Å². The van der Waals surface area contributed by atoms with Gasteiger partial charge in [-0.3, -0.25) is 19.7 Å². The van der Waals surface area contributed by atoms with Crippen LogP contribution in [0.2, 0.25) is 0 Å². The Balaban J connectivity index is 1.93. The molecule has 162 valence electrons. The first-order valence-electron chi connectivity index (χ1n) is 9.48. The average Bonchev–Trinajstić information content (AvgIpc) is 2.82. The molecule has 2 amide bonds. The third-order valence-corrected chi connectivity index (χ3v) is 4.52. The number of carbonyl (C=O) groups excluding carboxylic acids is 3. The molecule has 9 heteroatoms. The van der Waals surface area contributed by atoms with E-state index in [-0.39, 0.29) is 11.1 Å². The Morgan fingerprint density at radius 1 is 0.906 bits per heavy atom. The van der Waals surface area contributed by atoms with Gasteiger partial charge in [0, 0.05) is 23.4 Å². The van der Waals surface area contributed by atoms with E-state index in [1.807, 2.05) is 0 Å². The van der Waals surface area contributed by atoms with E-state index >= 15 is 0 Å². The minimum atomic E-state index is -1.09. The van der Waals surface area contributed by atoms with E-state index in [4.69, 9.17) is 0 Å². The Hall–Kier alpha value is -4.53. The van der Waals surface area contributed by atoms with E-state index in [1.54, 1.807) is 60.7 Å². The highest BCUT2D eigenvalue weighted by molar-refractivity contribution is 6.03. The van der Waals surface area contributed by atoms with Crippen LogP contribution in [-0.4, -0.2) is 29.8 Å². The molecule has 3 aromatic rings. The van der Waals surface area contributed by atoms with E-state index in [0.29, 0.717) is 11.3 Å². The van der Waals surface area contributed by atoms with Gasteiger partial charge in [-0.15, -0.1) is 0 Å². The number of amides is 2. The first-order chi connectivity index (χ1) is 15.4. The predicted octanol–water partition coefficient (Wildman–Crippen LogP) is 3.49. The topological polar surface area (TPSA) is 128 Å². The van der Waals surface area contributed by atoms with Crippen LogP contribution < -0.4 is 10.6 Å². The number of ether oxygens (including phenoxy) is 1. The van der Waals surface area contributed by atoms with Crippen LogP contribution in [0.5, 0.6) is 0 Å². The van der Waals surface area contributed by atoms with Crippen molar-refractivity contribution in [3.05, 3.63) is 106 Å². The molecule has 0 aliphatic rings. The maximum Gasteiger partial charge on any atom is 0.338 e. The van der Waals surface area contributed by atoms with Crippen LogP contribution in [0.25, 0.3) is 0 Å². The van der Waals surface area contributed by atoms with Gasteiger partial charge in [-0.25, -0.2) is 4.79 Å². The number of benzene rings is 3. The molecule has 0 aliphatic carbocycles. The van der Waals surface area contributed by atoms with Gasteiger partial charge in [0.25, 0.3) is 17.5 Å². The molecule has 0 aliphatic heterocycles. The van der Waals surface area contributed by atoms with E-state index in [2.05, 4.69) is 15.4 Å². The molecule has 0 aromatic heterocycles. The van der Waals surface area contributed by atoms with E-state index in [0.717, 1.165) is 19.2 Å². The largest absolute Gasteiger partial charge is 0.465 e. The van der Waals surface area contributed by atoms with Gasteiger partial charge in [0.1, 0.15) is 6.04 Å². The van der Waals surface area contributed by atoms with Gasteiger partial charge < -0.3 is 15.4 Å². The number of rotatable bonds is 7.